The lowest BCUT2D eigenvalue weighted by Crippen LogP contribution is -2.43. The minimum absolute atomic E-state index is 0.0142. The van der Waals surface area contributed by atoms with Gasteiger partial charge in [0.25, 0.3) is 5.56 Å². The number of carbonyl (C=O) groups excluding carboxylic acids is 1. The normalized spacial score (nSPS) is 12.4. The molecule has 1 atom stereocenters. The number of amides is 1. The van der Waals surface area contributed by atoms with E-state index in [2.05, 4.69) is 26.8 Å². The molecular weight excluding hydrogens is 586 g/mol. The van der Waals surface area contributed by atoms with Crippen LogP contribution in [0.25, 0.3) is 4.85 Å². The van der Waals surface area contributed by atoms with E-state index in [1.807, 2.05) is 0 Å². The zero-order chi connectivity index (χ0) is 29.1. The second-order valence-electron chi connectivity index (χ2n) is 9.63. The third-order valence-electron chi connectivity index (χ3n) is 5.63. The van der Waals surface area contributed by atoms with E-state index in [1.165, 1.54) is 6.92 Å². The molecule has 0 bridgehead atoms. The van der Waals surface area contributed by atoms with Crippen molar-refractivity contribution in [1.29, 1.82) is 0 Å². The van der Waals surface area contributed by atoms with Crippen LogP contribution in [0.2, 0.25) is 0 Å². The maximum Gasteiger partial charge on any atom is 0.728 e. The van der Waals surface area contributed by atoms with E-state index in [4.69, 9.17) is 4.74 Å². The second-order valence-corrected chi connectivity index (χ2v) is 10.4. The molecule has 1 aromatic heterocycles. The van der Waals surface area contributed by atoms with Crippen molar-refractivity contribution in [3.63, 3.8) is 0 Å². The molecule has 39 heavy (non-hydrogen) atoms. The average Bonchev–Trinajstić information content (AvgIpc) is 2.84. The van der Waals surface area contributed by atoms with Crippen molar-refractivity contribution < 1.29 is 27.1 Å². The van der Waals surface area contributed by atoms with Gasteiger partial charge in [-0.15, -0.1) is 0 Å². The predicted octanol–water partition coefficient (Wildman–Crippen LogP) is 6.34. The Hall–Kier alpha value is -3.72. The molecule has 12 heteroatoms. The second kappa shape index (κ2) is 11.6. The lowest BCUT2D eigenvalue weighted by molar-refractivity contribution is -0.138. The molecule has 206 valence electrons. The molecule has 0 saturated carbocycles. The number of hydrogen-bond acceptors (Lipinski definition) is 4. The van der Waals surface area contributed by atoms with Crippen LogP contribution in [0.5, 0.6) is 0 Å². The molecule has 0 N–H and O–H groups in total. The number of hydrogen-bond donors (Lipinski definition) is 0. The van der Waals surface area contributed by atoms with Crippen LogP contribution in [-0.4, -0.2) is 20.8 Å². The first kappa shape index (κ1) is 29.8. The molecule has 0 radical (unpaired) electrons. The summed E-state index contributed by atoms with van der Waals surface area (Å²) in [6.45, 7) is 5.17. The first-order valence-electron chi connectivity index (χ1n) is 11.7. The van der Waals surface area contributed by atoms with Gasteiger partial charge in [0.05, 0.1) is 23.5 Å². The topological polar surface area (TPSA) is 74.7 Å². The van der Waals surface area contributed by atoms with Crippen LogP contribution >= 0.6 is 15.9 Å². The van der Waals surface area contributed by atoms with Crippen LogP contribution in [-0.2, 0) is 24.0 Å². The summed E-state index contributed by atoms with van der Waals surface area (Å²) in [5, 5.41) is 0. The molecule has 0 fully saturated rings. The molecule has 3 rings (SSSR count). The fourth-order valence-corrected chi connectivity index (χ4v) is 4.19. The number of benzene rings is 2. The molecule has 0 aliphatic rings. The van der Waals surface area contributed by atoms with Crippen LogP contribution in [0.1, 0.15) is 49.1 Å². The van der Waals surface area contributed by atoms with Gasteiger partial charge in [-0.05, 0) is 61.3 Å². The number of nitrogens with zero attached hydrogens (tertiary/aromatic N) is 3. The third kappa shape index (κ3) is 7.23. The predicted molar refractivity (Wildman–Crippen MR) is 141 cm³/mol. The van der Waals surface area contributed by atoms with Crippen molar-refractivity contribution in [2.45, 2.75) is 58.5 Å². The van der Waals surface area contributed by atoms with Gasteiger partial charge in [0.1, 0.15) is 21.8 Å². The van der Waals surface area contributed by atoms with Crippen LogP contribution in [0.4, 0.5) is 22.4 Å². The van der Waals surface area contributed by atoms with Crippen molar-refractivity contribution in [1.82, 2.24) is 9.13 Å². The summed E-state index contributed by atoms with van der Waals surface area (Å²) >= 11 is 3.12. The highest BCUT2D eigenvalue weighted by Gasteiger charge is 2.35. The summed E-state index contributed by atoms with van der Waals surface area (Å²) in [6, 6.07) is 13.6. The van der Waals surface area contributed by atoms with Gasteiger partial charge >= 0.3 is 24.0 Å². The quantitative estimate of drug-likeness (QED) is 0.316. The fourth-order valence-electron chi connectivity index (χ4n) is 3.76. The van der Waals surface area contributed by atoms with Gasteiger partial charge in [-0.25, -0.2) is 9.18 Å². The smallest absolute Gasteiger partial charge is 0.392 e. The molecular formula is C27H25BrF4N3O4+. The van der Waals surface area contributed by atoms with Crippen molar-refractivity contribution >= 4 is 22.0 Å². The zero-order valence-corrected chi connectivity index (χ0v) is 23.1. The van der Waals surface area contributed by atoms with Gasteiger partial charge in [-0.3, -0.25) is 13.9 Å². The maximum absolute atomic E-state index is 14.6. The van der Waals surface area contributed by atoms with Gasteiger partial charge in [0.2, 0.25) is 0 Å². The van der Waals surface area contributed by atoms with E-state index in [0.29, 0.717) is 5.56 Å². The molecule has 0 aliphatic carbocycles. The van der Waals surface area contributed by atoms with E-state index in [9.17, 15) is 31.9 Å². The van der Waals surface area contributed by atoms with Crippen molar-refractivity contribution in [3.8, 4) is 6.07 Å². The number of halogens is 5. The Morgan fingerprint density at radius 2 is 1.69 bits per heavy atom. The van der Waals surface area contributed by atoms with E-state index < -0.39 is 58.5 Å². The van der Waals surface area contributed by atoms with E-state index in [-0.39, 0.29) is 16.7 Å². The summed E-state index contributed by atoms with van der Waals surface area (Å²) in [5.41, 5.74) is -3.98. The Labute approximate surface area is 229 Å². The van der Waals surface area contributed by atoms with Crippen LogP contribution < -0.4 is 11.2 Å². The van der Waals surface area contributed by atoms with Crippen LogP contribution in [0.15, 0.2) is 62.6 Å². The number of carbonyl (C=O) groups is 1. The SMILES string of the molecule is Cc1c(Br)c(=O)n(CC(C#[N+]C(=O)OC(C)(C)C)c2ccccc2)c(=O)n1Cc1c(F)cccc1C(F)(F)F. The molecule has 1 amide bonds. The summed E-state index contributed by atoms with van der Waals surface area (Å²) in [4.78, 5) is 42.4. The molecule has 0 saturated heterocycles. The lowest BCUT2D eigenvalue weighted by atomic mass is 10.0. The Kier molecular flexibility index (Phi) is 8.85. The van der Waals surface area contributed by atoms with Gasteiger partial charge < -0.3 is 4.74 Å². The number of rotatable bonds is 5. The highest BCUT2D eigenvalue weighted by atomic mass is 79.9. The standard InChI is InChI=1S/C27H25BrF4N3O4/c1-16-22(28)23(36)35(25(38)34(16)15-19-20(27(30,31)32)11-8-12-21(19)29)14-18(17-9-6-5-7-10-17)13-33-24(37)39-26(2,3)4/h5-12,18H,14-15H2,1-4H3/q+1. The lowest BCUT2D eigenvalue weighted by Gasteiger charge is -2.19. The molecule has 2 aromatic carbocycles. The number of aromatic nitrogens is 2. The fraction of sp³-hybridized carbons (Fsp3) is 0.333. The minimum atomic E-state index is -4.87. The zero-order valence-electron chi connectivity index (χ0n) is 21.5. The third-order valence-corrected chi connectivity index (χ3v) is 6.54. The summed E-state index contributed by atoms with van der Waals surface area (Å²) in [5.74, 6) is -2.05. The van der Waals surface area contributed by atoms with Gasteiger partial charge in [-0.1, -0.05) is 36.4 Å². The average molecular weight is 611 g/mol. The summed E-state index contributed by atoms with van der Waals surface area (Å²) in [7, 11) is 0. The van der Waals surface area contributed by atoms with Crippen molar-refractivity contribution in [3.05, 3.63) is 107 Å². The molecule has 0 spiro atoms. The monoisotopic (exact) mass is 610 g/mol. The highest BCUT2D eigenvalue weighted by Crippen LogP contribution is 2.33. The van der Waals surface area contributed by atoms with Crippen molar-refractivity contribution in [2.75, 3.05) is 0 Å². The van der Waals surface area contributed by atoms with E-state index >= 15 is 0 Å². The first-order valence-corrected chi connectivity index (χ1v) is 12.5. The van der Waals surface area contributed by atoms with Gasteiger partial charge in [0, 0.05) is 11.3 Å². The van der Waals surface area contributed by atoms with Crippen LogP contribution in [0.3, 0.4) is 0 Å². The largest absolute Gasteiger partial charge is 0.728 e. The van der Waals surface area contributed by atoms with Gasteiger partial charge in [-0.2, -0.15) is 18.0 Å². The number of ether oxygens (including phenoxy) is 1. The summed E-state index contributed by atoms with van der Waals surface area (Å²) in [6.07, 6.45) is -5.80. The maximum atomic E-state index is 14.6. The first-order chi connectivity index (χ1) is 18.1. The Morgan fingerprint density at radius 1 is 1.05 bits per heavy atom. The summed E-state index contributed by atoms with van der Waals surface area (Å²) < 4.78 is 62.1. The number of alkyl halides is 3. The Morgan fingerprint density at radius 3 is 2.28 bits per heavy atom. The highest BCUT2D eigenvalue weighted by molar-refractivity contribution is 9.10. The van der Waals surface area contributed by atoms with Crippen LogP contribution in [0, 0.1) is 18.8 Å². The molecule has 7 nitrogen and oxygen atoms in total. The molecule has 1 heterocycles. The Balaban J connectivity index is 2.14. The van der Waals surface area contributed by atoms with E-state index in [1.54, 1.807) is 51.1 Å². The van der Waals surface area contributed by atoms with E-state index in [0.717, 1.165) is 27.3 Å². The van der Waals surface area contributed by atoms with Crippen molar-refractivity contribution in [2.24, 2.45) is 0 Å². The molecule has 3 aromatic rings. The molecule has 1 unspecified atom stereocenters. The van der Waals surface area contributed by atoms with Gasteiger partial charge in [0.15, 0.2) is 0 Å². The minimum Gasteiger partial charge on any atom is -0.392 e. The Bertz CT molecular complexity index is 1560. The molecule has 0 aliphatic heterocycles.